The second-order valence-corrected chi connectivity index (χ2v) is 6.60. The molecule has 2 aromatic carbocycles. The van der Waals surface area contributed by atoms with E-state index in [9.17, 15) is 0 Å². The number of fused-ring (bicyclic) bond motifs is 1. The van der Waals surface area contributed by atoms with E-state index in [2.05, 4.69) is 48.2 Å². The molecule has 4 aromatic rings. The summed E-state index contributed by atoms with van der Waals surface area (Å²) in [4.78, 5) is 9.15. The molecule has 5 nitrogen and oxygen atoms in total. The molecule has 0 radical (unpaired) electrons. The lowest BCUT2D eigenvalue weighted by molar-refractivity contribution is 0.337. The van der Waals surface area contributed by atoms with E-state index in [-0.39, 0.29) is 0 Å². The molecule has 2 heterocycles. The summed E-state index contributed by atoms with van der Waals surface area (Å²) in [6.07, 6.45) is 4.59. The van der Waals surface area contributed by atoms with Crippen molar-refractivity contribution in [1.29, 1.82) is 0 Å². The van der Waals surface area contributed by atoms with Crippen molar-refractivity contribution in [3.8, 4) is 28.3 Å². The van der Waals surface area contributed by atoms with Crippen molar-refractivity contribution < 1.29 is 4.74 Å². The van der Waals surface area contributed by atoms with Gasteiger partial charge in [-0.15, -0.1) is 0 Å². The quantitative estimate of drug-likeness (QED) is 0.470. The Kier molecular flexibility index (Phi) is 5.06. The largest absolute Gasteiger partial charge is 0.494 e. The van der Waals surface area contributed by atoms with Crippen LogP contribution in [0.1, 0.15) is 26.3 Å². The van der Waals surface area contributed by atoms with Gasteiger partial charge in [0.2, 0.25) is 0 Å². The maximum absolute atomic E-state index is 5.82. The molecule has 0 aliphatic carbocycles. The summed E-state index contributed by atoms with van der Waals surface area (Å²) in [6, 6.07) is 14.4. The number of aromatic nitrogens is 4. The highest BCUT2D eigenvalue weighted by Gasteiger charge is 2.18. The lowest BCUT2D eigenvalue weighted by Crippen LogP contribution is -1.98. The first kappa shape index (κ1) is 18.2. The van der Waals surface area contributed by atoms with Gasteiger partial charge in [-0.25, -0.2) is 9.97 Å². The highest BCUT2D eigenvalue weighted by Crippen LogP contribution is 2.35. The fourth-order valence-electron chi connectivity index (χ4n) is 3.48. The minimum atomic E-state index is 0.637. The second-order valence-electron chi connectivity index (χ2n) is 6.60. The minimum absolute atomic E-state index is 0.637. The monoisotopic (exact) mass is 372 g/mol. The number of hydrogen-bond donors (Lipinski definition) is 0. The van der Waals surface area contributed by atoms with Gasteiger partial charge in [-0.2, -0.15) is 5.10 Å². The smallest absolute Gasteiger partial charge is 0.124 e. The van der Waals surface area contributed by atoms with Gasteiger partial charge >= 0.3 is 0 Å². The van der Waals surface area contributed by atoms with Gasteiger partial charge in [0, 0.05) is 35.3 Å². The number of rotatable bonds is 6. The van der Waals surface area contributed by atoms with Crippen LogP contribution in [0.4, 0.5) is 0 Å². The van der Waals surface area contributed by atoms with E-state index in [0.29, 0.717) is 6.61 Å². The molecular weight excluding hydrogens is 348 g/mol. The molecule has 142 valence electrons. The molecule has 0 spiro atoms. The van der Waals surface area contributed by atoms with E-state index >= 15 is 0 Å². The summed E-state index contributed by atoms with van der Waals surface area (Å²) in [6.45, 7) is 7.67. The molecule has 28 heavy (non-hydrogen) atoms. The zero-order chi connectivity index (χ0) is 19.5. The number of hydrogen-bond acceptors (Lipinski definition) is 4. The Morgan fingerprint density at radius 1 is 0.964 bits per heavy atom. The van der Waals surface area contributed by atoms with Crippen molar-refractivity contribution in [1.82, 2.24) is 19.7 Å². The van der Waals surface area contributed by atoms with Crippen LogP contribution in [0.25, 0.3) is 33.4 Å². The standard InChI is InChI=1S/C23H24N4O/c1-4-16-12-18-20(13-21(16)28-6-3)24-15-25-23(18)19-14-27(5-2)26-22(19)17-10-8-7-9-11-17/h7-15H,4-6H2,1-3H3. The van der Waals surface area contributed by atoms with Gasteiger partial charge in [0.1, 0.15) is 17.8 Å². The molecule has 0 aliphatic heterocycles. The van der Waals surface area contributed by atoms with E-state index < -0.39 is 0 Å². The molecular formula is C23H24N4O. The van der Waals surface area contributed by atoms with E-state index in [1.165, 1.54) is 0 Å². The molecule has 0 unspecified atom stereocenters. The molecule has 2 aromatic heterocycles. The van der Waals surface area contributed by atoms with E-state index in [1.807, 2.05) is 35.9 Å². The van der Waals surface area contributed by atoms with Crippen LogP contribution in [0.5, 0.6) is 5.75 Å². The Morgan fingerprint density at radius 3 is 2.50 bits per heavy atom. The summed E-state index contributed by atoms with van der Waals surface area (Å²) in [5.74, 6) is 0.898. The van der Waals surface area contributed by atoms with Crippen LogP contribution in [0.15, 0.2) is 55.0 Å². The van der Waals surface area contributed by atoms with E-state index in [0.717, 1.165) is 57.7 Å². The summed E-state index contributed by atoms with van der Waals surface area (Å²) in [7, 11) is 0. The average Bonchev–Trinajstić information content (AvgIpc) is 3.18. The third-order valence-electron chi connectivity index (χ3n) is 4.89. The van der Waals surface area contributed by atoms with Crippen molar-refractivity contribution in [2.45, 2.75) is 33.7 Å². The highest BCUT2D eigenvalue weighted by molar-refractivity contribution is 5.96. The zero-order valence-corrected chi connectivity index (χ0v) is 16.5. The van der Waals surface area contributed by atoms with Gasteiger partial charge in [0.05, 0.1) is 17.8 Å². The molecule has 0 fully saturated rings. The van der Waals surface area contributed by atoms with Crippen molar-refractivity contribution in [2.24, 2.45) is 0 Å². The molecule has 0 atom stereocenters. The van der Waals surface area contributed by atoms with Crippen LogP contribution in [-0.4, -0.2) is 26.4 Å². The minimum Gasteiger partial charge on any atom is -0.494 e. The van der Waals surface area contributed by atoms with Crippen LogP contribution in [0.2, 0.25) is 0 Å². The van der Waals surface area contributed by atoms with Crippen molar-refractivity contribution in [3.63, 3.8) is 0 Å². The van der Waals surface area contributed by atoms with Gasteiger partial charge in [-0.1, -0.05) is 37.3 Å². The average molecular weight is 372 g/mol. The van der Waals surface area contributed by atoms with Crippen LogP contribution in [0.3, 0.4) is 0 Å². The maximum atomic E-state index is 5.82. The lowest BCUT2D eigenvalue weighted by Gasteiger charge is -2.12. The van der Waals surface area contributed by atoms with Crippen molar-refractivity contribution >= 4 is 10.9 Å². The van der Waals surface area contributed by atoms with Gasteiger partial charge in [0.15, 0.2) is 0 Å². The van der Waals surface area contributed by atoms with Crippen LogP contribution in [-0.2, 0) is 13.0 Å². The Labute approximate surface area is 165 Å². The van der Waals surface area contributed by atoms with Crippen molar-refractivity contribution in [3.05, 3.63) is 60.6 Å². The first-order valence-electron chi connectivity index (χ1n) is 9.78. The summed E-state index contributed by atoms with van der Waals surface area (Å²) in [5, 5.41) is 5.83. The molecule has 0 saturated heterocycles. The van der Waals surface area contributed by atoms with Crippen molar-refractivity contribution in [2.75, 3.05) is 6.61 Å². The summed E-state index contributed by atoms with van der Waals surface area (Å²) < 4.78 is 7.78. The van der Waals surface area contributed by atoms with Crippen LogP contribution in [0, 0.1) is 0 Å². The van der Waals surface area contributed by atoms with E-state index in [1.54, 1.807) is 6.33 Å². The SMILES string of the molecule is CCOc1cc2ncnc(-c3cn(CC)nc3-c3ccccc3)c2cc1CC. The van der Waals surface area contributed by atoms with Gasteiger partial charge in [-0.05, 0) is 31.9 Å². The van der Waals surface area contributed by atoms with Gasteiger partial charge in [0.25, 0.3) is 0 Å². The predicted octanol–water partition coefficient (Wildman–Crippen LogP) is 5.14. The Balaban J connectivity index is 1.96. The first-order valence-corrected chi connectivity index (χ1v) is 9.78. The number of aryl methyl sites for hydroxylation is 2. The number of ether oxygens (including phenoxy) is 1. The molecule has 0 N–H and O–H groups in total. The molecule has 0 aliphatic rings. The Morgan fingerprint density at radius 2 is 1.79 bits per heavy atom. The maximum Gasteiger partial charge on any atom is 0.124 e. The summed E-state index contributed by atoms with van der Waals surface area (Å²) in [5.41, 5.74) is 5.99. The first-order chi connectivity index (χ1) is 13.7. The topological polar surface area (TPSA) is 52.8 Å². The fraction of sp³-hybridized carbons (Fsp3) is 0.261. The molecule has 0 bridgehead atoms. The number of nitrogens with zero attached hydrogens (tertiary/aromatic N) is 4. The molecule has 4 rings (SSSR count). The fourth-order valence-corrected chi connectivity index (χ4v) is 3.48. The predicted molar refractivity (Wildman–Crippen MR) is 112 cm³/mol. The second kappa shape index (κ2) is 7.80. The molecule has 5 heteroatoms. The lowest BCUT2D eigenvalue weighted by atomic mass is 10.0. The molecule has 0 amide bonds. The van der Waals surface area contributed by atoms with Crippen LogP contribution >= 0.6 is 0 Å². The molecule has 0 saturated carbocycles. The third kappa shape index (κ3) is 3.24. The number of benzene rings is 2. The normalized spacial score (nSPS) is 11.1. The summed E-state index contributed by atoms with van der Waals surface area (Å²) >= 11 is 0. The van der Waals surface area contributed by atoms with E-state index in [4.69, 9.17) is 9.84 Å². The third-order valence-corrected chi connectivity index (χ3v) is 4.89. The van der Waals surface area contributed by atoms with Gasteiger partial charge < -0.3 is 4.74 Å². The van der Waals surface area contributed by atoms with Gasteiger partial charge in [-0.3, -0.25) is 4.68 Å². The Hall–Kier alpha value is -3.21. The Bertz CT molecular complexity index is 1100. The van der Waals surface area contributed by atoms with Crippen LogP contribution < -0.4 is 4.74 Å². The highest BCUT2D eigenvalue weighted by atomic mass is 16.5. The zero-order valence-electron chi connectivity index (χ0n) is 16.5.